The number of ketones is 1. The maximum absolute atomic E-state index is 14.7. The SMILES string of the molecule is CCOc1c(C(C)=O)cc(C)c(F)c1C(O)COS(C)(C)C(C)(C)C. The molecule has 0 radical (unpaired) electrons. The molecule has 0 bridgehead atoms. The molecule has 0 amide bonds. The third-order valence-corrected chi connectivity index (χ3v) is 8.10. The Bertz CT molecular complexity index is 635. The summed E-state index contributed by atoms with van der Waals surface area (Å²) in [6.45, 7) is 11.1. The van der Waals surface area contributed by atoms with Crippen LogP contribution in [0.25, 0.3) is 0 Å². The number of hydrogen-bond acceptors (Lipinski definition) is 4. The summed E-state index contributed by atoms with van der Waals surface area (Å²) in [5, 5.41) is 10.6. The summed E-state index contributed by atoms with van der Waals surface area (Å²) < 4.78 is 26.1. The van der Waals surface area contributed by atoms with E-state index < -0.39 is 22.2 Å². The second-order valence-corrected chi connectivity index (χ2v) is 11.4. The average Bonchev–Trinajstić information content (AvgIpc) is 2.47. The van der Waals surface area contributed by atoms with Crippen LogP contribution in [0.15, 0.2) is 6.07 Å². The van der Waals surface area contributed by atoms with Crippen LogP contribution in [0.4, 0.5) is 4.39 Å². The van der Waals surface area contributed by atoms with Gasteiger partial charge in [-0.05, 0) is 44.9 Å². The van der Waals surface area contributed by atoms with Gasteiger partial charge in [0.1, 0.15) is 17.7 Å². The van der Waals surface area contributed by atoms with Gasteiger partial charge in [0.15, 0.2) is 5.78 Å². The van der Waals surface area contributed by atoms with Crippen LogP contribution in [0, 0.1) is 12.7 Å². The second-order valence-electron chi connectivity index (χ2n) is 7.43. The number of rotatable bonds is 7. The Morgan fingerprint density at radius 2 is 1.92 bits per heavy atom. The molecule has 1 aromatic rings. The standard InChI is InChI=1S/C19H31FO4S/c1-9-23-18-14(13(3)21)10-12(2)17(20)16(18)15(22)11-24-25(7,8)19(4,5)6/h10,15,22H,9,11H2,1-8H3. The highest BCUT2D eigenvalue weighted by molar-refractivity contribution is 8.29. The van der Waals surface area contributed by atoms with Gasteiger partial charge in [-0.1, -0.05) is 20.8 Å². The highest BCUT2D eigenvalue weighted by Crippen LogP contribution is 2.54. The van der Waals surface area contributed by atoms with Crippen LogP contribution in [0.1, 0.15) is 62.2 Å². The van der Waals surface area contributed by atoms with Crippen molar-refractivity contribution in [3.63, 3.8) is 0 Å². The summed E-state index contributed by atoms with van der Waals surface area (Å²) in [5.41, 5.74) is 0.568. The van der Waals surface area contributed by atoms with Crippen LogP contribution < -0.4 is 4.74 Å². The first-order valence-corrected chi connectivity index (χ1v) is 10.7. The molecule has 144 valence electrons. The lowest BCUT2D eigenvalue weighted by Crippen LogP contribution is -2.27. The van der Waals surface area contributed by atoms with Gasteiger partial charge in [0.25, 0.3) is 0 Å². The van der Waals surface area contributed by atoms with Crippen LogP contribution in [0.5, 0.6) is 5.75 Å². The summed E-state index contributed by atoms with van der Waals surface area (Å²) >= 11 is 0. The van der Waals surface area contributed by atoms with E-state index in [-0.39, 0.29) is 40.6 Å². The summed E-state index contributed by atoms with van der Waals surface area (Å²) in [7, 11) is -1.47. The van der Waals surface area contributed by atoms with E-state index in [1.807, 2.05) is 12.5 Å². The molecule has 0 aliphatic carbocycles. The van der Waals surface area contributed by atoms with E-state index in [4.69, 9.17) is 8.92 Å². The number of aryl methyl sites for hydroxylation is 1. The largest absolute Gasteiger partial charge is 0.493 e. The Labute approximate surface area is 152 Å². The maximum Gasteiger partial charge on any atom is 0.163 e. The smallest absolute Gasteiger partial charge is 0.163 e. The minimum absolute atomic E-state index is 0.00356. The number of carbonyl (C=O) groups excluding carboxylic acids is 1. The van der Waals surface area contributed by atoms with Crippen molar-refractivity contribution in [1.29, 1.82) is 0 Å². The van der Waals surface area contributed by atoms with Crippen LogP contribution in [-0.4, -0.2) is 41.4 Å². The molecular weight excluding hydrogens is 343 g/mol. The summed E-state index contributed by atoms with van der Waals surface area (Å²) in [4.78, 5) is 11.9. The van der Waals surface area contributed by atoms with E-state index in [9.17, 15) is 14.3 Å². The number of carbonyl (C=O) groups is 1. The zero-order valence-corrected chi connectivity index (χ0v) is 17.3. The molecule has 1 rings (SSSR count). The molecular formula is C19H31FO4S. The van der Waals surface area contributed by atoms with Gasteiger partial charge in [0.05, 0.1) is 24.3 Å². The summed E-state index contributed by atoms with van der Waals surface area (Å²) in [6, 6.07) is 1.46. The quantitative estimate of drug-likeness (QED) is 0.711. The second kappa shape index (κ2) is 8.06. The molecule has 0 fully saturated rings. The molecule has 0 saturated heterocycles. The lowest BCUT2D eigenvalue weighted by molar-refractivity contribution is 0.0998. The Hall–Kier alpha value is -1.11. The van der Waals surface area contributed by atoms with Crippen LogP contribution in [0.3, 0.4) is 0 Å². The molecule has 0 spiro atoms. The molecule has 1 unspecified atom stereocenters. The number of aliphatic hydroxyl groups is 1. The number of Topliss-reactive ketones (excluding diaryl/α,β-unsaturated/α-hetero) is 1. The highest BCUT2D eigenvalue weighted by atomic mass is 32.3. The first-order chi connectivity index (χ1) is 11.3. The van der Waals surface area contributed by atoms with Gasteiger partial charge in [0, 0.05) is 4.75 Å². The molecule has 4 nitrogen and oxygen atoms in total. The van der Waals surface area contributed by atoms with Crippen molar-refractivity contribution in [2.75, 3.05) is 25.7 Å². The van der Waals surface area contributed by atoms with Gasteiger partial charge in [-0.2, -0.15) is 0 Å². The molecule has 1 N–H and O–H groups in total. The Morgan fingerprint density at radius 1 is 1.36 bits per heavy atom. The third kappa shape index (κ3) is 4.96. The van der Waals surface area contributed by atoms with Crippen LogP contribution in [-0.2, 0) is 4.18 Å². The van der Waals surface area contributed by atoms with Gasteiger partial charge in [-0.15, -0.1) is 10.3 Å². The molecule has 0 aliphatic heterocycles. The monoisotopic (exact) mass is 374 g/mol. The van der Waals surface area contributed by atoms with Gasteiger partial charge in [-0.3, -0.25) is 4.79 Å². The number of benzene rings is 1. The van der Waals surface area contributed by atoms with E-state index in [2.05, 4.69) is 20.8 Å². The van der Waals surface area contributed by atoms with Gasteiger partial charge < -0.3 is 14.0 Å². The zero-order valence-electron chi connectivity index (χ0n) is 16.5. The highest BCUT2D eigenvalue weighted by Gasteiger charge is 2.31. The first kappa shape index (κ1) is 21.9. The molecule has 6 heteroatoms. The van der Waals surface area contributed by atoms with Crippen molar-refractivity contribution < 1.29 is 23.2 Å². The topological polar surface area (TPSA) is 55.8 Å². The molecule has 0 aromatic heterocycles. The maximum atomic E-state index is 14.7. The van der Waals surface area contributed by atoms with Crippen molar-refractivity contribution >= 4 is 16.1 Å². The zero-order chi connectivity index (χ0) is 19.6. The molecule has 25 heavy (non-hydrogen) atoms. The lowest BCUT2D eigenvalue weighted by Gasteiger charge is -2.44. The fourth-order valence-electron chi connectivity index (χ4n) is 2.16. The van der Waals surface area contributed by atoms with Crippen molar-refractivity contribution in [2.45, 2.75) is 52.4 Å². The number of halogens is 1. The summed E-state index contributed by atoms with van der Waals surface area (Å²) in [5.74, 6) is -0.688. The van der Waals surface area contributed by atoms with Gasteiger partial charge in [0.2, 0.25) is 0 Å². The summed E-state index contributed by atoms with van der Waals surface area (Å²) in [6.07, 6.45) is 2.81. The van der Waals surface area contributed by atoms with E-state index in [1.54, 1.807) is 13.8 Å². The normalized spacial score (nSPS) is 14.3. The predicted molar refractivity (Wildman–Crippen MR) is 102 cm³/mol. The Kier molecular flexibility index (Phi) is 7.07. The molecule has 1 atom stereocenters. The number of hydrogen-bond donors (Lipinski definition) is 1. The fraction of sp³-hybridized carbons (Fsp3) is 0.632. The minimum atomic E-state index is -1.47. The van der Waals surface area contributed by atoms with Gasteiger partial charge in [-0.25, -0.2) is 4.39 Å². The van der Waals surface area contributed by atoms with Crippen molar-refractivity contribution in [3.05, 3.63) is 28.6 Å². The average molecular weight is 375 g/mol. The van der Waals surface area contributed by atoms with E-state index in [0.29, 0.717) is 5.56 Å². The van der Waals surface area contributed by atoms with Crippen molar-refractivity contribution in [2.24, 2.45) is 0 Å². The van der Waals surface area contributed by atoms with Crippen molar-refractivity contribution in [3.8, 4) is 5.75 Å². The number of ether oxygens (including phenoxy) is 1. The minimum Gasteiger partial charge on any atom is -0.493 e. The Morgan fingerprint density at radius 3 is 2.36 bits per heavy atom. The fourth-order valence-corrected chi connectivity index (χ4v) is 2.98. The van der Waals surface area contributed by atoms with Crippen LogP contribution >= 0.6 is 10.3 Å². The van der Waals surface area contributed by atoms with E-state index >= 15 is 0 Å². The molecule has 0 saturated carbocycles. The van der Waals surface area contributed by atoms with Crippen LogP contribution in [0.2, 0.25) is 0 Å². The molecule has 0 heterocycles. The third-order valence-electron chi connectivity index (χ3n) is 4.43. The molecule has 0 aliphatic rings. The van der Waals surface area contributed by atoms with E-state index in [0.717, 1.165) is 0 Å². The number of aliphatic hydroxyl groups excluding tert-OH is 1. The molecule has 1 aromatic carbocycles. The first-order valence-electron chi connectivity index (χ1n) is 8.35. The lowest BCUT2D eigenvalue weighted by atomic mass is 9.98. The Balaban J connectivity index is 3.28. The predicted octanol–water partition coefficient (Wildman–Crippen LogP) is 4.56. The van der Waals surface area contributed by atoms with Gasteiger partial charge >= 0.3 is 0 Å². The van der Waals surface area contributed by atoms with E-state index in [1.165, 1.54) is 13.0 Å². The van der Waals surface area contributed by atoms with Crippen molar-refractivity contribution in [1.82, 2.24) is 0 Å².